The Bertz CT molecular complexity index is 2730. The summed E-state index contributed by atoms with van der Waals surface area (Å²) in [6.07, 6.45) is 0. The van der Waals surface area contributed by atoms with Crippen LogP contribution in [0.2, 0.25) is 0 Å². The van der Waals surface area contributed by atoms with Crippen LogP contribution in [0.25, 0.3) is 65.4 Å². The first-order valence-electron chi connectivity index (χ1n) is 16.3. The van der Waals surface area contributed by atoms with Gasteiger partial charge in [0.2, 0.25) is 0 Å². The van der Waals surface area contributed by atoms with Crippen molar-refractivity contribution in [2.45, 2.75) is 19.3 Å². The molecular weight excluding hydrogens is 571 g/mol. The number of furan rings is 1. The second-order valence-corrected chi connectivity index (χ2v) is 13.4. The molecule has 0 fully saturated rings. The van der Waals surface area contributed by atoms with Crippen molar-refractivity contribution in [2.24, 2.45) is 0 Å². The zero-order valence-electron chi connectivity index (χ0n) is 26.3. The molecule has 47 heavy (non-hydrogen) atoms. The van der Waals surface area contributed by atoms with E-state index in [1.807, 2.05) is 12.1 Å². The normalized spacial score (nSPS) is 13.5. The van der Waals surface area contributed by atoms with Crippen LogP contribution in [0.3, 0.4) is 0 Å². The van der Waals surface area contributed by atoms with Gasteiger partial charge in [-0.2, -0.15) is 0 Å². The topological polar surface area (TPSA) is 16.4 Å². The number of rotatable bonds is 3. The van der Waals surface area contributed by atoms with Gasteiger partial charge in [0, 0.05) is 33.2 Å². The van der Waals surface area contributed by atoms with E-state index in [0.717, 1.165) is 39.0 Å². The maximum absolute atomic E-state index is 6.23. The summed E-state index contributed by atoms with van der Waals surface area (Å²) in [4.78, 5) is 2.41. The summed E-state index contributed by atoms with van der Waals surface area (Å²) in [5, 5.41) is 9.87. The third-order valence-corrected chi connectivity index (χ3v) is 10.4. The molecule has 0 atom stereocenters. The monoisotopic (exact) mass is 601 g/mol. The van der Waals surface area contributed by atoms with Crippen LogP contribution in [0.15, 0.2) is 156 Å². The lowest BCUT2D eigenvalue weighted by atomic mass is 9.82. The van der Waals surface area contributed by atoms with E-state index in [0.29, 0.717) is 0 Å². The second kappa shape index (κ2) is 9.57. The highest BCUT2D eigenvalue weighted by Crippen LogP contribution is 2.51. The predicted octanol–water partition coefficient (Wildman–Crippen LogP) is 12.8. The van der Waals surface area contributed by atoms with Crippen molar-refractivity contribution in [2.75, 3.05) is 4.90 Å². The molecule has 0 unspecified atom stereocenters. The van der Waals surface area contributed by atoms with Gasteiger partial charge in [-0.25, -0.2) is 0 Å². The number of hydrogen-bond donors (Lipinski definition) is 0. The van der Waals surface area contributed by atoms with Gasteiger partial charge in [0.1, 0.15) is 11.2 Å². The fourth-order valence-electron chi connectivity index (χ4n) is 8.09. The maximum atomic E-state index is 6.23. The number of benzene rings is 8. The van der Waals surface area contributed by atoms with Crippen molar-refractivity contribution in [1.82, 2.24) is 0 Å². The average molecular weight is 602 g/mol. The van der Waals surface area contributed by atoms with Gasteiger partial charge in [-0.3, -0.25) is 0 Å². The van der Waals surface area contributed by atoms with Gasteiger partial charge in [-0.15, -0.1) is 0 Å². The molecule has 8 aromatic carbocycles. The molecule has 1 aliphatic rings. The number of fused-ring (bicyclic) bond motifs is 11. The van der Waals surface area contributed by atoms with Gasteiger partial charge < -0.3 is 9.32 Å². The first-order chi connectivity index (χ1) is 23.0. The van der Waals surface area contributed by atoms with Crippen LogP contribution < -0.4 is 4.90 Å². The molecular formula is C45H31NO. The van der Waals surface area contributed by atoms with E-state index in [1.54, 1.807) is 0 Å². The Morgan fingerprint density at radius 2 is 1.00 bits per heavy atom. The SMILES string of the molecule is CC1(C)c2ccccc2-c2ccc(N(c3ccc4c(ccc5c6ccccc6ccc45)c3)c3ccc4oc5ccccc5c4c3)cc21. The number of anilines is 3. The Labute approximate surface area is 273 Å². The molecule has 2 heteroatoms. The van der Waals surface area contributed by atoms with Crippen molar-refractivity contribution in [3.8, 4) is 11.1 Å². The van der Waals surface area contributed by atoms with Crippen molar-refractivity contribution in [3.05, 3.63) is 163 Å². The predicted molar refractivity (Wildman–Crippen MR) is 198 cm³/mol. The van der Waals surface area contributed by atoms with E-state index in [2.05, 4.69) is 158 Å². The number of hydrogen-bond acceptors (Lipinski definition) is 2. The summed E-state index contributed by atoms with van der Waals surface area (Å²) >= 11 is 0. The standard InChI is InChI=1S/C45H31NO/c1-45(2)41-13-7-5-11-37(41)38-23-18-32(27-42(38)45)46(31-19-24-44-40(26-31)39-12-6-8-14-43(39)47-44)30-17-22-34-29(25-30)16-21-35-33-10-4-3-9-28(33)15-20-36(34)35/h3-27H,1-2H3. The van der Waals surface area contributed by atoms with Gasteiger partial charge in [0.15, 0.2) is 0 Å². The van der Waals surface area contributed by atoms with Crippen LogP contribution in [-0.4, -0.2) is 0 Å². The van der Waals surface area contributed by atoms with Crippen molar-refractivity contribution in [3.63, 3.8) is 0 Å². The lowest BCUT2D eigenvalue weighted by Crippen LogP contribution is -2.16. The highest BCUT2D eigenvalue weighted by Gasteiger charge is 2.35. The van der Waals surface area contributed by atoms with Gasteiger partial charge in [0.05, 0.1) is 0 Å². The Kier molecular flexibility index (Phi) is 5.37. The Hall–Kier alpha value is -5.86. The molecule has 9 aromatic rings. The number of para-hydroxylation sites is 1. The van der Waals surface area contributed by atoms with Gasteiger partial charge >= 0.3 is 0 Å². The lowest BCUT2D eigenvalue weighted by molar-refractivity contribution is 0.660. The highest BCUT2D eigenvalue weighted by atomic mass is 16.3. The average Bonchev–Trinajstić information content (AvgIpc) is 3.59. The van der Waals surface area contributed by atoms with Crippen LogP contribution in [-0.2, 0) is 5.41 Å². The van der Waals surface area contributed by atoms with Gasteiger partial charge in [-0.05, 0) is 103 Å². The van der Waals surface area contributed by atoms with E-state index >= 15 is 0 Å². The molecule has 222 valence electrons. The Balaban J connectivity index is 1.20. The first-order valence-corrected chi connectivity index (χ1v) is 16.3. The highest BCUT2D eigenvalue weighted by molar-refractivity contribution is 6.17. The van der Waals surface area contributed by atoms with Gasteiger partial charge in [-0.1, -0.05) is 117 Å². The smallest absolute Gasteiger partial charge is 0.135 e. The summed E-state index contributed by atoms with van der Waals surface area (Å²) in [7, 11) is 0. The first kappa shape index (κ1) is 26.4. The van der Waals surface area contributed by atoms with Gasteiger partial charge in [0.25, 0.3) is 0 Å². The van der Waals surface area contributed by atoms with Crippen LogP contribution in [0.1, 0.15) is 25.0 Å². The number of nitrogens with zero attached hydrogens (tertiary/aromatic N) is 1. The van der Waals surface area contributed by atoms with E-state index in [9.17, 15) is 0 Å². The maximum Gasteiger partial charge on any atom is 0.135 e. The van der Waals surface area contributed by atoms with E-state index in [-0.39, 0.29) is 5.41 Å². The molecule has 1 heterocycles. The molecule has 0 aliphatic heterocycles. The summed E-state index contributed by atoms with van der Waals surface area (Å²) < 4.78 is 6.23. The third-order valence-electron chi connectivity index (χ3n) is 10.4. The van der Waals surface area contributed by atoms with E-state index in [1.165, 1.54) is 54.6 Å². The van der Waals surface area contributed by atoms with Crippen molar-refractivity contribution in [1.29, 1.82) is 0 Å². The largest absolute Gasteiger partial charge is 0.456 e. The molecule has 0 saturated carbocycles. The molecule has 1 aromatic heterocycles. The quantitative estimate of drug-likeness (QED) is 0.187. The third kappa shape index (κ3) is 3.79. The van der Waals surface area contributed by atoms with Crippen molar-refractivity contribution >= 4 is 71.3 Å². The van der Waals surface area contributed by atoms with Crippen LogP contribution in [0, 0.1) is 0 Å². The van der Waals surface area contributed by atoms with E-state index < -0.39 is 0 Å². The minimum absolute atomic E-state index is 0.0939. The molecule has 0 radical (unpaired) electrons. The van der Waals surface area contributed by atoms with Crippen LogP contribution in [0.5, 0.6) is 0 Å². The fraction of sp³-hybridized carbons (Fsp3) is 0.0667. The molecule has 10 rings (SSSR count). The Morgan fingerprint density at radius 1 is 0.404 bits per heavy atom. The summed E-state index contributed by atoms with van der Waals surface area (Å²) in [6.45, 7) is 4.70. The minimum atomic E-state index is -0.0939. The molecule has 0 saturated heterocycles. The zero-order valence-corrected chi connectivity index (χ0v) is 26.3. The lowest BCUT2D eigenvalue weighted by Gasteiger charge is -2.28. The minimum Gasteiger partial charge on any atom is -0.456 e. The molecule has 0 amide bonds. The van der Waals surface area contributed by atoms with E-state index in [4.69, 9.17) is 4.42 Å². The summed E-state index contributed by atoms with van der Waals surface area (Å²) in [5.41, 5.74) is 10.5. The fourth-order valence-corrected chi connectivity index (χ4v) is 8.09. The molecule has 0 bridgehead atoms. The van der Waals surface area contributed by atoms with Crippen LogP contribution in [0.4, 0.5) is 17.1 Å². The Morgan fingerprint density at radius 3 is 1.89 bits per heavy atom. The van der Waals surface area contributed by atoms with Crippen molar-refractivity contribution < 1.29 is 4.42 Å². The summed E-state index contributed by atoms with van der Waals surface area (Å²) in [5.74, 6) is 0. The summed E-state index contributed by atoms with van der Waals surface area (Å²) in [6, 6.07) is 55.4. The second-order valence-electron chi connectivity index (χ2n) is 13.4. The molecule has 1 aliphatic carbocycles. The van der Waals surface area contributed by atoms with Crippen LogP contribution >= 0.6 is 0 Å². The molecule has 0 N–H and O–H groups in total. The molecule has 2 nitrogen and oxygen atoms in total. The molecule has 0 spiro atoms. The zero-order chi connectivity index (χ0) is 31.3.